The summed E-state index contributed by atoms with van der Waals surface area (Å²) >= 11 is 0. The molecule has 0 bridgehead atoms. The van der Waals surface area contributed by atoms with Crippen LogP contribution < -0.4 is 14.8 Å². The molecule has 0 heterocycles. The van der Waals surface area contributed by atoms with Crippen molar-refractivity contribution in [1.29, 1.82) is 0 Å². The minimum Gasteiger partial charge on any atom is -0.495 e. The van der Waals surface area contributed by atoms with Crippen molar-refractivity contribution < 1.29 is 23.8 Å². The van der Waals surface area contributed by atoms with E-state index in [1.165, 1.54) is 7.11 Å². The van der Waals surface area contributed by atoms with E-state index in [1.54, 1.807) is 42.5 Å². The van der Waals surface area contributed by atoms with Crippen LogP contribution in [0.1, 0.15) is 22.8 Å². The Morgan fingerprint density at radius 2 is 1.61 bits per heavy atom. The summed E-state index contributed by atoms with van der Waals surface area (Å²) in [5.74, 6) is -0.0348. The number of para-hydroxylation sites is 1. The second kappa shape index (κ2) is 10.3. The smallest absolute Gasteiger partial charge is 0.345 e. The van der Waals surface area contributed by atoms with Gasteiger partial charge in [-0.15, -0.1) is 0 Å². The average molecular weight is 419 g/mol. The van der Waals surface area contributed by atoms with Gasteiger partial charge < -0.3 is 19.5 Å². The van der Waals surface area contributed by atoms with Gasteiger partial charge in [0.1, 0.15) is 11.5 Å². The molecule has 0 aromatic heterocycles. The molecule has 0 spiro atoms. The predicted molar refractivity (Wildman–Crippen MR) is 118 cm³/mol. The lowest BCUT2D eigenvalue weighted by Crippen LogP contribution is -2.28. The van der Waals surface area contributed by atoms with Gasteiger partial charge in [0.05, 0.1) is 12.8 Å². The third-order valence-corrected chi connectivity index (χ3v) is 4.64. The Kier molecular flexibility index (Phi) is 7.27. The fourth-order valence-electron chi connectivity index (χ4n) is 3.04. The lowest BCUT2D eigenvalue weighted by Gasteiger charge is -2.19. The van der Waals surface area contributed by atoms with E-state index in [2.05, 4.69) is 5.32 Å². The maximum absolute atomic E-state index is 13.1. The molecule has 0 radical (unpaired) electrons. The summed E-state index contributed by atoms with van der Waals surface area (Å²) in [5, 5.41) is 2.81. The fourth-order valence-corrected chi connectivity index (χ4v) is 3.04. The Hall–Kier alpha value is -3.80. The van der Waals surface area contributed by atoms with E-state index in [4.69, 9.17) is 14.2 Å². The van der Waals surface area contributed by atoms with Crippen LogP contribution in [0.3, 0.4) is 0 Å². The van der Waals surface area contributed by atoms with Gasteiger partial charge in [0.25, 0.3) is 5.91 Å². The van der Waals surface area contributed by atoms with Crippen molar-refractivity contribution in [2.75, 3.05) is 19.0 Å². The van der Waals surface area contributed by atoms with Crippen LogP contribution in [0.5, 0.6) is 11.5 Å². The van der Waals surface area contributed by atoms with Crippen molar-refractivity contribution in [2.24, 2.45) is 0 Å². The molecule has 31 heavy (non-hydrogen) atoms. The zero-order valence-corrected chi connectivity index (χ0v) is 17.8. The number of rotatable bonds is 8. The summed E-state index contributed by atoms with van der Waals surface area (Å²) in [6.07, 6.45) is -1.14. The third-order valence-electron chi connectivity index (χ3n) is 4.64. The number of carbonyl (C=O) groups excluding carboxylic acids is 2. The van der Waals surface area contributed by atoms with Gasteiger partial charge in [-0.25, -0.2) is 4.79 Å². The van der Waals surface area contributed by atoms with Gasteiger partial charge in [-0.2, -0.15) is 0 Å². The summed E-state index contributed by atoms with van der Waals surface area (Å²) in [5.41, 5.74) is 2.91. The van der Waals surface area contributed by atoms with Gasteiger partial charge in [-0.3, -0.25) is 4.79 Å². The molecule has 1 atom stereocenters. The van der Waals surface area contributed by atoms with Crippen molar-refractivity contribution >= 4 is 17.6 Å². The molecule has 0 aliphatic rings. The van der Waals surface area contributed by atoms with E-state index in [9.17, 15) is 9.59 Å². The molecule has 0 saturated carbocycles. The van der Waals surface area contributed by atoms with E-state index in [0.29, 0.717) is 22.7 Å². The molecule has 3 aromatic carbocycles. The number of hydrogen-bond donors (Lipinski definition) is 1. The van der Waals surface area contributed by atoms with Crippen LogP contribution >= 0.6 is 0 Å². The SMILES string of the molecule is COc1ccc(C)cc1NC(=O)[C@H](OC(=O)COc1ccccc1C)c1ccccc1. The normalized spacial score (nSPS) is 11.3. The van der Waals surface area contributed by atoms with Gasteiger partial charge in [-0.1, -0.05) is 54.6 Å². The van der Waals surface area contributed by atoms with Crippen molar-refractivity contribution in [2.45, 2.75) is 20.0 Å². The molecule has 6 heteroatoms. The van der Waals surface area contributed by atoms with Crippen molar-refractivity contribution in [3.63, 3.8) is 0 Å². The van der Waals surface area contributed by atoms with Gasteiger partial charge >= 0.3 is 5.97 Å². The highest BCUT2D eigenvalue weighted by Crippen LogP contribution is 2.28. The molecular weight excluding hydrogens is 394 g/mol. The minimum absolute atomic E-state index is 0.310. The molecule has 3 aromatic rings. The third kappa shape index (κ3) is 5.85. The molecule has 3 rings (SSSR count). The maximum Gasteiger partial charge on any atom is 0.345 e. The molecule has 0 aliphatic heterocycles. The van der Waals surface area contributed by atoms with E-state index in [-0.39, 0.29) is 6.61 Å². The lowest BCUT2D eigenvalue weighted by atomic mass is 10.1. The number of methoxy groups -OCH3 is 1. The fraction of sp³-hybridized carbons (Fsp3) is 0.200. The zero-order chi connectivity index (χ0) is 22.2. The van der Waals surface area contributed by atoms with Crippen molar-refractivity contribution in [1.82, 2.24) is 0 Å². The highest BCUT2D eigenvalue weighted by molar-refractivity contribution is 5.97. The summed E-state index contributed by atoms with van der Waals surface area (Å²) in [6, 6.07) is 21.6. The van der Waals surface area contributed by atoms with E-state index in [1.807, 2.05) is 44.2 Å². The van der Waals surface area contributed by atoms with Crippen LogP contribution in [0.25, 0.3) is 0 Å². The van der Waals surface area contributed by atoms with Gasteiger partial charge in [0.15, 0.2) is 6.61 Å². The second-order valence-electron chi connectivity index (χ2n) is 7.03. The van der Waals surface area contributed by atoms with Gasteiger partial charge in [0, 0.05) is 5.56 Å². The highest BCUT2D eigenvalue weighted by Gasteiger charge is 2.26. The van der Waals surface area contributed by atoms with E-state index >= 15 is 0 Å². The van der Waals surface area contributed by atoms with Crippen molar-refractivity contribution in [3.05, 3.63) is 89.5 Å². The summed E-state index contributed by atoms with van der Waals surface area (Å²) < 4.78 is 16.4. The van der Waals surface area contributed by atoms with Gasteiger partial charge in [0.2, 0.25) is 6.10 Å². The molecule has 1 amide bonds. The first-order chi connectivity index (χ1) is 15.0. The number of aryl methyl sites for hydroxylation is 2. The monoisotopic (exact) mass is 419 g/mol. The molecule has 1 N–H and O–H groups in total. The predicted octanol–water partition coefficient (Wildman–Crippen LogP) is 4.61. The summed E-state index contributed by atoms with van der Waals surface area (Å²) in [7, 11) is 1.53. The number of esters is 1. The number of nitrogens with one attached hydrogen (secondary N) is 1. The average Bonchev–Trinajstić information content (AvgIpc) is 2.77. The van der Waals surface area contributed by atoms with Crippen LogP contribution in [-0.2, 0) is 14.3 Å². The highest BCUT2D eigenvalue weighted by atomic mass is 16.6. The van der Waals surface area contributed by atoms with Crippen LogP contribution in [0.4, 0.5) is 5.69 Å². The first-order valence-electron chi connectivity index (χ1n) is 9.86. The number of hydrogen-bond acceptors (Lipinski definition) is 5. The molecule has 0 aliphatic carbocycles. The Morgan fingerprint density at radius 3 is 2.32 bits per heavy atom. The Bertz CT molecular complexity index is 1050. The van der Waals surface area contributed by atoms with Crippen LogP contribution in [-0.4, -0.2) is 25.6 Å². The van der Waals surface area contributed by atoms with Crippen molar-refractivity contribution in [3.8, 4) is 11.5 Å². The second-order valence-corrected chi connectivity index (χ2v) is 7.03. The quantitative estimate of drug-likeness (QED) is 0.540. The Balaban J connectivity index is 1.76. The van der Waals surface area contributed by atoms with Crippen LogP contribution in [0, 0.1) is 13.8 Å². The summed E-state index contributed by atoms with van der Waals surface area (Å²) in [4.78, 5) is 25.6. The molecule has 0 fully saturated rings. The lowest BCUT2D eigenvalue weighted by molar-refractivity contribution is -0.156. The number of benzene rings is 3. The van der Waals surface area contributed by atoms with Crippen LogP contribution in [0.2, 0.25) is 0 Å². The minimum atomic E-state index is -1.14. The number of amides is 1. The largest absolute Gasteiger partial charge is 0.495 e. The molecule has 0 unspecified atom stereocenters. The molecular formula is C25H25NO5. The molecule has 6 nitrogen and oxygen atoms in total. The Labute approximate surface area is 181 Å². The number of anilines is 1. The number of ether oxygens (including phenoxy) is 3. The topological polar surface area (TPSA) is 73.9 Å². The standard InChI is InChI=1S/C25H25NO5/c1-17-13-14-22(29-3)20(15-17)26-25(28)24(19-10-5-4-6-11-19)31-23(27)16-30-21-12-8-7-9-18(21)2/h4-15,24H,16H2,1-3H3,(H,26,28)/t24-/m1/s1. The Morgan fingerprint density at radius 1 is 0.903 bits per heavy atom. The zero-order valence-electron chi connectivity index (χ0n) is 17.8. The first kappa shape index (κ1) is 21.9. The molecule has 160 valence electrons. The summed E-state index contributed by atoms with van der Waals surface area (Å²) in [6.45, 7) is 3.48. The van der Waals surface area contributed by atoms with Crippen LogP contribution in [0.15, 0.2) is 72.8 Å². The van der Waals surface area contributed by atoms with Gasteiger partial charge in [-0.05, 0) is 43.2 Å². The van der Waals surface area contributed by atoms with E-state index < -0.39 is 18.0 Å². The van der Waals surface area contributed by atoms with E-state index in [0.717, 1.165) is 11.1 Å². The first-order valence-corrected chi connectivity index (χ1v) is 9.86. The maximum atomic E-state index is 13.1. The number of carbonyl (C=O) groups is 2. The molecule has 0 saturated heterocycles.